The highest BCUT2D eigenvalue weighted by molar-refractivity contribution is 8.18. The topological polar surface area (TPSA) is 78.2 Å². The molecular weight excluding hydrogens is 194 g/mol. The molecule has 0 bridgehead atoms. The zero-order chi connectivity index (χ0) is 8.41. The van der Waals surface area contributed by atoms with Crippen LogP contribution in [0.3, 0.4) is 0 Å². The Morgan fingerprint density at radius 2 is 2.00 bits per heavy atom. The van der Waals surface area contributed by atoms with Crippen molar-refractivity contribution in [1.82, 2.24) is 0 Å². The first-order valence-corrected chi connectivity index (χ1v) is 4.43. The molecule has 58 valence electrons. The number of thiol groups is 2. The average molecular weight is 199 g/mol. The van der Waals surface area contributed by atoms with Crippen molar-refractivity contribution in [3.63, 3.8) is 0 Å². The molecule has 7 heteroatoms. The van der Waals surface area contributed by atoms with Crippen LogP contribution < -0.4 is 0 Å². The fourth-order valence-corrected chi connectivity index (χ4v) is 0.583. The number of nitrogens with zero attached hydrogens (tertiary/aromatic N) is 1. The van der Waals surface area contributed by atoms with Crippen molar-refractivity contribution in [2.24, 2.45) is 0 Å². The minimum atomic E-state index is -4.36. The van der Waals surface area contributed by atoms with Crippen LogP contribution in [0.15, 0.2) is 0 Å². The molecule has 0 fully saturated rings. The molecule has 0 saturated heterocycles. The molecule has 4 nitrogen and oxygen atoms in total. The summed E-state index contributed by atoms with van der Waals surface area (Å²) in [5, 5.41) is 8.04. The molecule has 0 unspecified atom stereocenters. The number of rotatable bonds is 2. The molecule has 0 aliphatic carbocycles. The maximum absolute atomic E-state index is 10.3. The molecule has 1 N–H and O–H groups in total. The Morgan fingerprint density at radius 3 is 2.10 bits per heavy atom. The molecule has 0 amide bonds. The SMILES string of the molecule is N#CCC(S)(S)S(=O)(=O)O. The van der Waals surface area contributed by atoms with Crippen LogP contribution in [0.2, 0.25) is 0 Å². The standard InChI is InChI=1S/C3H5NO3S3/c4-2-1-3(8,9)10(5,6)7/h8-9H,1H2,(H,5,6,7). The van der Waals surface area contributed by atoms with E-state index in [0.717, 1.165) is 0 Å². The molecular formula is C3H5NO3S3. The van der Waals surface area contributed by atoms with Crippen LogP contribution in [0.25, 0.3) is 0 Å². The van der Waals surface area contributed by atoms with Gasteiger partial charge in [0, 0.05) is 0 Å². The van der Waals surface area contributed by atoms with E-state index in [9.17, 15) is 8.42 Å². The van der Waals surface area contributed by atoms with E-state index in [0.29, 0.717) is 0 Å². The Balaban J connectivity index is 4.62. The molecule has 0 aromatic rings. The van der Waals surface area contributed by atoms with Gasteiger partial charge in [0.1, 0.15) is 0 Å². The summed E-state index contributed by atoms with van der Waals surface area (Å²) in [5.41, 5.74) is 0. The van der Waals surface area contributed by atoms with Gasteiger partial charge in [-0.05, 0) is 0 Å². The highest BCUT2D eigenvalue weighted by Gasteiger charge is 2.34. The number of hydrogen-bond donors (Lipinski definition) is 3. The quantitative estimate of drug-likeness (QED) is 0.339. The Hall–Kier alpha value is 0.1000. The molecule has 10 heavy (non-hydrogen) atoms. The molecule has 0 spiro atoms. The smallest absolute Gasteiger partial charge is 0.284 e. The average Bonchev–Trinajstić information content (AvgIpc) is 1.61. The Kier molecular flexibility index (Phi) is 3.03. The van der Waals surface area contributed by atoms with Crippen molar-refractivity contribution >= 4 is 35.4 Å². The van der Waals surface area contributed by atoms with Crippen LogP contribution in [0, 0.1) is 11.3 Å². The maximum Gasteiger partial charge on any atom is 0.290 e. The van der Waals surface area contributed by atoms with Gasteiger partial charge in [0.2, 0.25) is 0 Å². The summed E-state index contributed by atoms with van der Waals surface area (Å²) in [7, 11) is -4.36. The van der Waals surface area contributed by atoms with Gasteiger partial charge in [-0.1, -0.05) is 0 Å². The van der Waals surface area contributed by atoms with Gasteiger partial charge in [-0.25, -0.2) is 0 Å². The maximum atomic E-state index is 10.3. The second kappa shape index (κ2) is 3.00. The summed E-state index contributed by atoms with van der Waals surface area (Å²) in [6, 6.07) is 1.52. The summed E-state index contributed by atoms with van der Waals surface area (Å²) in [6.45, 7) is 0. The van der Waals surface area contributed by atoms with E-state index in [1.54, 1.807) is 0 Å². The van der Waals surface area contributed by atoms with Crippen molar-refractivity contribution in [2.75, 3.05) is 0 Å². The van der Waals surface area contributed by atoms with E-state index >= 15 is 0 Å². The van der Waals surface area contributed by atoms with E-state index in [2.05, 4.69) is 25.3 Å². The molecule has 0 aliphatic rings. The lowest BCUT2D eigenvalue weighted by Gasteiger charge is -2.13. The fraction of sp³-hybridized carbons (Fsp3) is 0.667. The van der Waals surface area contributed by atoms with Gasteiger partial charge >= 0.3 is 0 Å². The zero-order valence-electron chi connectivity index (χ0n) is 4.72. The van der Waals surface area contributed by atoms with Gasteiger partial charge in [0.25, 0.3) is 10.1 Å². The predicted molar refractivity (Wildman–Crippen MR) is 42.5 cm³/mol. The van der Waals surface area contributed by atoms with Crippen LogP contribution >= 0.6 is 25.3 Å². The van der Waals surface area contributed by atoms with Gasteiger partial charge in [0.15, 0.2) is 3.41 Å². The molecule has 0 atom stereocenters. The zero-order valence-corrected chi connectivity index (χ0v) is 7.33. The lowest BCUT2D eigenvalue weighted by molar-refractivity contribution is 0.477. The number of hydrogen-bond acceptors (Lipinski definition) is 5. The minimum Gasteiger partial charge on any atom is -0.284 e. The van der Waals surface area contributed by atoms with Crippen LogP contribution in [-0.2, 0) is 10.1 Å². The first-order valence-electron chi connectivity index (χ1n) is 2.10. The molecule has 0 aromatic heterocycles. The Morgan fingerprint density at radius 1 is 1.60 bits per heavy atom. The van der Waals surface area contributed by atoms with Crippen LogP contribution in [0.1, 0.15) is 6.42 Å². The van der Waals surface area contributed by atoms with Gasteiger partial charge < -0.3 is 0 Å². The van der Waals surface area contributed by atoms with Gasteiger partial charge in [-0.3, -0.25) is 4.55 Å². The van der Waals surface area contributed by atoms with Crippen molar-refractivity contribution in [1.29, 1.82) is 5.26 Å². The van der Waals surface area contributed by atoms with E-state index < -0.39 is 20.0 Å². The van der Waals surface area contributed by atoms with Gasteiger partial charge in [-0.15, -0.1) is 25.3 Å². The van der Waals surface area contributed by atoms with E-state index in [-0.39, 0.29) is 0 Å². The highest BCUT2D eigenvalue weighted by atomic mass is 32.3. The lowest BCUT2D eigenvalue weighted by Crippen LogP contribution is -2.24. The molecule has 0 heterocycles. The van der Waals surface area contributed by atoms with Crippen LogP contribution in [0.5, 0.6) is 0 Å². The first-order chi connectivity index (χ1) is 4.31. The predicted octanol–water partition coefficient (Wildman–Crippen LogP) is 0.301. The molecule has 0 radical (unpaired) electrons. The molecule has 0 rings (SSSR count). The Labute approximate surface area is 69.8 Å². The van der Waals surface area contributed by atoms with Crippen molar-refractivity contribution in [3.05, 3.63) is 0 Å². The molecule has 0 saturated carbocycles. The van der Waals surface area contributed by atoms with E-state index in [4.69, 9.17) is 9.81 Å². The van der Waals surface area contributed by atoms with Crippen LogP contribution in [-0.4, -0.2) is 16.4 Å². The number of nitriles is 1. The first kappa shape index (κ1) is 10.1. The van der Waals surface area contributed by atoms with Gasteiger partial charge in [0.05, 0.1) is 12.5 Å². The van der Waals surface area contributed by atoms with Crippen molar-refractivity contribution in [3.8, 4) is 6.07 Å². The third kappa shape index (κ3) is 2.38. The molecule has 0 aliphatic heterocycles. The van der Waals surface area contributed by atoms with Crippen LogP contribution in [0.4, 0.5) is 0 Å². The minimum absolute atomic E-state index is 0.474. The third-order valence-corrected chi connectivity index (χ3v) is 3.39. The second-order valence-corrected chi connectivity index (χ2v) is 5.68. The highest BCUT2D eigenvalue weighted by Crippen LogP contribution is 2.28. The summed E-state index contributed by atoms with van der Waals surface area (Å²) < 4.78 is 27.0. The third-order valence-electron chi connectivity index (χ3n) is 0.722. The second-order valence-electron chi connectivity index (χ2n) is 1.55. The van der Waals surface area contributed by atoms with E-state index in [1.165, 1.54) is 6.07 Å². The molecule has 0 aromatic carbocycles. The van der Waals surface area contributed by atoms with Crippen molar-refractivity contribution in [2.45, 2.75) is 9.83 Å². The van der Waals surface area contributed by atoms with Gasteiger partial charge in [-0.2, -0.15) is 13.7 Å². The largest absolute Gasteiger partial charge is 0.290 e. The fourth-order valence-electron chi connectivity index (χ4n) is 0.194. The Bertz CT molecular complexity index is 249. The summed E-state index contributed by atoms with van der Waals surface area (Å²) in [6.07, 6.45) is -0.474. The normalized spacial score (nSPS) is 12.6. The lowest BCUT2D eigenvalue weighted by atomic mass is 10.5. The summed E-state index contributed by atoms with van der Waals surface area (Å²) in [5.74, 6) is 0. The summed E-state index contributed by atoms with van der Waals surface area (Å²) >= 11 is 6.90. The van der Waals surface area contributed by atoms with E-state index in [1.807, 2.05) is 0 Å². The van der Waals surface area contributed by atoms with Crippen molar-refractivity contribution < 1.29 is 13.0 Å². The summed E-state index contributed by atoms with van der Waals surface area (Å²) in [4.78, 5) is 0. The monoisotopic (exact) mass is 199 g/mol.